The Morgan fingerprint density at radius 3 is 2.30 bits per heavy atom. The van der Waals surface area contributed by atoms with E-state index < -0.39 is 6.10 Å². The van der Waals surface area contributed by atoms with Gasteiger partial charge >= 0.3 is 0 Å². The van der Waals surface area contributed by atoms with Crippen LogP contribution in [0, 0.1) is 10.1 Å². The average Bonchev–Trinajstić information content (AvgIpc) is 3.12. The van der Waals surface area contributed by atoms with Gasteiger partial charge in [-0.05, 0) is 18.1 Å². The predicted molar refractivity (Wildman–Crippen MR) is 120 cm³/mol. The third kappa shape index (κ3) is 5.08. The van der Waals surface area contributed by atoms with Crippen LogP contribution >= 0.6 is 0 Å². The van der Waals surface area contributed by atoms with Gasteiger partial charge in [0, 0.05) is 11.1 Å². The molecule has 1 unspecified atom stereocenters. The van der Waals surface area contributed by atoms with Crippen LogP contribution in [0.3, 0.4) is 0 Å². The molecule has 1 heterocycles. The van der Waals surface area contributed by atoms with E-state index in [1.54, 1.807) is 6.07 Å². The molecule has 1 aliphatic carbocycles. The number of benzene rings is 1. The topological polar surface area (TPSA) is 76.5 Å². The number of nitro groups is 1. The molecule has 0 fully saturated rings. The van der Waals surface area contributed by atoms with Gasteiger partial charge in [-0.2, -0.15) is 0 Å². The van der Waals surface area contributed by atoms with E-state index >= 15 is 0 Å². The minimum Gasteiger partial charge on any atom is -0.472 e. The summed E-state index contributed by atoms with van der Waals surface area (Å²) in [6, 6.07) is 11.0. The first kappa shape index (κ1) is 22.0. The van der Waals surface area contributed by atoms with Gasteiger partial charge in [0.25, 0.3) is 5.69 Å². The lowest BCUT2D eigenvalue weighted by Gasteiger charge is -2.11. The Kier molecular flexibility index (Phi) is 8.03. The SMILES string of the molecule is CCCCCCCCCCC(O)c1c2ccocc-2c(-c2ccccc2)c1[N+](=O)[O-]. The summed E-state index contributed by atoms with van der Waals surface area (Å²) in [5.74, 6) is 0. The second-order valence-electron chi connectivity index (χ2n) is 7.92. The second kappa shape index (κ2) is 10.9. The zero-order valence-corrected chi connectivity index (χ0v) is 17.7. The lowest BCUT2D eigenvalue weighted by Crippen LogP contribution is -2.01. The zero-order valence-electron chi connectivity index (χ0n) is 17.7. The number of hydrogen-bond donors (Lipinski definition) is 1. The van der Waals surface area contributed by atoms with Gasteiger partial charge < -0.3 is 9.52 Å². The molecule has 0 amide bonds. The highest BCUT2D eigenvalue weighted by atomic mass is 16.6. The van der Waals surface area contributed by atoms with Crippen LogP contribution in [-0.2, 0) is 0 Å². The molecule has 0 radical (unpaired) electrons. The van der Waals surface area contributed by atoms with E-state index in [0.29, 0.717) is 28.7 Å². The fourth-order valence-electron chi connectivity index (χ4n) is 4.23. The van der Waals surface area contributed by atoms with Gasteiger partial charge in [0.1, 0.15) is 0 Å². The number of nitrogens with zero attached hydrogens (tertiary/aromatic N) is 1. The van der Waals surface area contributed by atoms with Gasteiger partial charge in [0.05, 0.1) is 34.7 Å². The first-order chi connectivity index (χ1) is 14.6. The molecule has 0 aromatic heterocycles. The molecule has 1 aromatic carbocycles. The molecule has 1 aliphatic heterocycles. The van der Waals surface area contributed by atoms with E-state index in [-0.39, 0.29) is 10.6 Å². The molecule has 160 valence electrons. The smallest absolute Gasteiger partial charge is 0.284 e. The van der Waals surface area contributed by atoms with Gasteiger partial charge in [-0.1, -0.05) is 88.6 Å². The number of unbranched alkanes of at least 4 members (excludes halogenated alkanes) is 7. The van der Waals surface area contributed by atoms with Crippen molar-refractivity contribution in [3.63, 3.8) is 0 Å². The number of fused-ring (bicyclic) bond motifs is 1. The van der Waals surface area contributed by atoms with Crippen molar-refractivity contribution in [2.24, 2.45) is 0 Å². The van der Waals surface area contributed by atoms with Crippen LogP contribution in [0.1, 0.15) is 76.4 Å². The normalized spacial score (nSPS) is 12.3. The first-order valence-corrected chi connectivity index (χ1v) is 11.0. The van der Waals surface area contributed by atoms with Crippen molar-refractivity contribution in [3.05, 3.63) is 64.6 Å². The van der Waals surface area contributed by atoms with Crippen molar-refractivity contribution < 1.29 is 14.4 Å². The third-order valence-electron chi connectivity index (χ3n) is 5.75. The number of aliphatic hydroxyl groups excluding tert-OH is 1. The summed E-state index contributed by atoms with van der Waals surface area (Å²) in [7, 11) is 0. The van der Waals surface area contributed by atoms with E-state index in [4.69, 9.17) is 4.42 Å². The highest BCUT2D eigenvalue weighted by Crippen LogP contribution is 2.50. The molecule has 1 atom stereocenters. The summed E-state index contributed by atoms with van der Waals surface area (Å²) in [4.78, 5) is 11.7. The monoisotopic (exact) mass is 409 g/mol. The molecule has 2 aliphatic rings. The highest BCUT2D eigenvalue weighted by Gasteiger charge is 2.35. The van der Waals surface area contributed by atoms with E-state index in [0.717, 1.165) is 24.8 Å². The van der Waals surface area contributed by atoms with Crippen LogP contribution in [0.4, 0.5) is 5.69 Å². The molecule has 5 nitrogen and oxygen atoms in total. The molecular weight excluding hydrogens is 378 g/mol. The van der Waals surface area contributed by atoms with Gasteiger partial charge in [-0.3, -0.25) is 10.1 Å². The van der Waals surface area contributed by atoms with Crippen LogP contribution in [0.25, 0.3) is 22.3 Å². The fraction of sp³-hybridized carbons (Fsp3) is 0.440. The summed E-state index contributed by atoms with van der Waals surface area (Å²) in [5.41, 5.74) is 3.03. The summed E-state index contributed by atoms with van der Waals surface area (Å²) < 4.78 is 5.33. The maximum atomic E-state index is 12.1. The number of hydrogen-bond acceptors (Lipinski definition) is 4. The van der Waals surface area contributed by atoms with Crippen LogP contribution in [-0.4, -0.2) is 10.0 Å². The van der Waals surface area contributed by atoms with Gasteiger partial charge in [-0.15, -0.1) is 0 Å². The maximum Gasteiger partial charge on any atom is 0.284 e. The van der Waals surface area contributed by atoms with E-state index in [1.807, 2.05) is 30.3 Å². The third-order valence-corrected chi connectivity index (χ3v) is 5.75. The Morgan fingerprint density at radius 1 is 0.967 bits per heavy atom. The fourth-order valence-corrected chi connectivity index (χ4v) is 4.23. The molecule has 0 saturated carbocycles. The Bertz CT molecular complexity index is 903. The standard InChI is InChI=1S/C25H31NO4/c1-2-3-4-5-6-7-8-12-15-22(27)24-20-16-17-30-18-21(20)23(25(24)26(28)29)19-13-10-9-11-14-19/h9-11,13-14,16-18,22,27H,2-8,12,15H2,1H3. The summed E-state index contributed by atoms with van der Waals surface area (Å²) in [5, 5.41) is 23.0. The zero-order chi connectivity index (χ0) is 21.3. The molecule has 1 N–H and O–H groups in total. The Labute approximate surface area is 178 Å². The summed E-state index contributed by atoms with van der Waals surface area (Å²) in [6.45, 7) is 2.21. The average molecular weight is 410 g/mol. The van der Waals surface area contributed by atoms with Crippen LogP contribution < -0.4 is 0 Å². The van der Waals surface area contributed by atoms with Crippen molar-refractivity contribution in [2.45, 2.75) is 70.8 Å². The van der Waals surface area contributed by atoms with Crippen LogP contribution in [0.2, 0.25) is 0 Å². The Morgan fingerprint density at radius 2 is 1.63 bits per heavy atom. The van der Waals surface area contributed by atoms with E-state index in [1.165, 1.54) is 44.6 Å². The quantitative estimate of drug-likeness (QED) is 0.191. The molecule has 1 aromatic rings. The van der Waals surface area contributed by atoms with Gasteiger partial charge in [0.15, 0.2) is 0 Å². The number of aliphatic hydroxyl groups is 1. The predicted octanol–water partition coefficient (Wildman–Crippen LogP) is 7.52. The first-order valence-electron chi connectivity index (χ1n) is 11.0. The van der Waals surface area contributed by atoms with Crippen molar-refractivity contribution in [2.75, 3.05) is 0 Å². The summed E-state index contributed by atoms with van der Waals surface area (Å²) in [6.07, 6.45) is 12.1. The molecule has 0 spiro atoms. The largest absolute Gasteiger partial charge is 0.472 e. The van der Waals surface area contributed by atoms with E-state index in [9.17, 15) is 15.2 Å². The van der Waals surface area contributed by atoms with Gasteiger partial charge in [-0.25, -0.2) is 0 Å². The number of rotatable bonds is 12. The Hall–Kier alpha value is -2.66. The molecule has 0 bridgehead atoms. The van der Waals surface area contributed by atoms with Crippen LogP contribution in [0.15, 0.2) is 53.3 Å². The van der Waals surface area contributed by atoms with Crippen molar-refractivity contribution >= 4 is 5.69 Å². The van der Waals surface area contributed by atoms with Gasteiger partial charge in [0.2, 0.25) is 0 Å². The van der Waals surface area contributed by atoms with Crippen molar-refractivity contribution in [3.8, 4) is 22.3 Å². The lowest BCUT2D eigenvalue weighted by atomic mass is 9.99. The minimum atomic E-state index is -0.868. The van der Waals surface area contributed by atoms with Crippen molar-refractivity contribution in [1.82, 2.24) is 0 Å². The maximum absolute atomic E-state index is 12.1. The molecule has 3 rings (SSSR count). The molecule has 30 heavy (non-hydrogen) atoms. The minimum absolute atomic E-state index is 0.00957. The summed E-state index contributed by atoms with van der Waals surface area (Å²) >= 11 is 0. The molecule has 0 saturated heterocycles. The lowest BCUT2D eigenvalue weighted by molar-refractivity contribution is -0.385. The highest BCUT2D eigenvalue weighted by molar-refractivity contribution is 5.97. The molecular formula is C25H31NO4. The Balaban J connectivity index is 1.78. The van der Waals surface area contributed by atoms with E-state index in [2.05, 4.69) is 6.92 Å². The second-order valence-corrected chi connectivity index (χ2v) is 7.92. The van der Waals surface area contributed by atoms with Crippen LogP contribution in [0.5, 0.6) is 0 Å². The molecule has 5 heteroatoms. The van der Waals surface area contributed by atoms with Crippen molar-refractivity contribution in [1.29, 1.82) is 0 Å².